The van der Waals surface area contributed by atoms with E-state index in [-0.39, 0.29) is 0 Å². The smallest absolute Gasteiger partial charge is 0.0270 e. The summed E-state index contributed by atoms with van der Waals surface area (Å²) in [4.78, 5) is 0. The molecule has 1 saturated carbocycles. The van der Waals surface area contributed by atoms with Crippen LogP contribution in [-0.2, 0) is 0 Å². The van der Waals surface area contributed by atoms with Gasteiger partial charge in [-0.3, -0.25) is 0 Å². The average molecular weight is 226 g/mol. The summed E-state index contributed by atoms with van der Waals surface area (Å²) in [6.07, 6.45) is 21.6. The molecule has 0 aliphatic heterocycles. The molecule has 2 spiro atoms. The molecule has 0 nitrogen and oxygen atoms in total. The van der Waals surface area contributed by atoms with E-state index in [4.69, 9.17) is 0 Å². The van der Waals surface area contributed by atoms with Crippen molar-refractivity contribution in [2.45, 2.75) is 57.8 Å². The number of hydrogen-bond acceptors (Lipinski definition) is 0. The lowest BCUT2D eigenvalue weighted by atomic mass is 9.68. The fourth-order valence-corrected chi connectivity index (χ4v) is 3.89. The average Bonchev–Trinajstić information content (AvgIpc) is 2.66. The van der Waals surface area contributed by atoms with Crippen LogP contribution in [0.25, 0.3) is 0 Å². The predicted octanol–water partition coefficient (Wildman–Crippen LogP) is 4.63. The fourth-order valence-electron chi connectivity index (χ4n) is 3.89. The highest BCUT2D eigenvalue weighted by molar-refractivity contribution is 5.26. The van der Waals surface area contributed by atoms with Crippen LogP contribution >= 0.6 is 0 Å². The molecule has 0 aromatic heterocycles. The Hall–Kier alpha value is -0.960. The summed E-state index contributed by atoms with van der Waals surface area (Å²) in [5.74, 6) is 6.50. The second kappa shape index (κ2) is 4.37. The minimum Gasteiger partial charge on any atom is -0.103 e. The van der Waals surface area contributed by atoms with Crippen molar-refractivity contribution in [2.24, 2.45) is 10.8 Å². The summed E-state index contributed by atoms with van der Waals surface area (Å²) in [7, 11) is 0. The van der Waals surface area contributed by atoms with Gasteiger partial charge in [-0.1, -0.05) is 49.5 Å². The Morgan fingerprint density at radius 2 is 1.71 bits per heavy atom. The highest BCUT2D eigenvalue weighted by Crippen LogP contribution is 2.54. The van der Waals surface area contributed by atoms with Crippen LogP contribution < -0.4 is 0 Å². The summed E-state index contributed by atoms with van der Waals surface area (Å²) in [5.41, 5.74) is 0.904. The summed E-state index contributed by atoms with van der Waals surface area (Å²) < 4.78 is 0. The topological polar surface area (TPSA) is 0 Å². The number of hydrogen-bond donors (Lipinski definition) is 0. The SMILES string of the molecule is C1#CCCC2(C=CC3(CCCCC3)C2)/C=C\C1. The van der Waals surface area contributed by atoms with Gasteiger partial charge in [0.2, 0.25) is 0 Å². The van der Waals surface area contributed by atoms with E-state index in [1.54, 1.807) is 0 Å². The van der Waals surface area contributed by atoms with E-state index in [2.05, 4.69) is 36.1 Å². The second-order valence-corrected chi connectivity index (χ2v) is 6.13. The van der Waals surface area contributed by atoms with Gasteiger partial charge in [0.1, 0.15) is 0 Å². The maximum atomic E-state index is 3.29. The third-order valence-electron chi connectivity index (χ3n) is 4.81. The van der Waals surface area contributed by atoms with Crippen LogP contribution in [0.1, 0.15) is 57.8 Å². The number of allylic oxidation sites excluding steroid dienone is 4. The largest absolute Gasteiger partial charge is 0.103 e. The molecule has 1 fully saturated rings. The van der Waals surface area contributed by atoms with Gasteiger partial charge < -0.3 is 0 Å². The van der Waals surface area contributed by atoms with Crippen molar-refractivity contribution >= 4 is 0 Å². The zero-order valence-electron chi connectivity index (χ0n) is 10.7. The van der Waals surface area contributed by atoms with E-state index in [1.807, 2.05) is 0 Å². The maximum Gasteiger partial charge on any atom is 0.0270 e. The lowest BCUT2D eigenvalue weighted by molar-refractivity contribution is 0.206. The van der Waals surface area contributed by atoms with Gasteiger partial charge in [-0.15, -0.1) is 5.92 Å². The monoisotopic (exact) mass is 226 g/mol. The van der Waals surface area contributed by atoms with E-state index < -0.39 is 0 Å². The molecule has 90 valence electrons. The van der Waals surface area contributed by atoms with Gasteiger partial charge in [0, 0.05) is 18.3 Å². The summed E-state index contributed by atoms with van der Waals surface area (Å²) >= 11 is 0. The van der Waals surface area contributed by atoms with Gasteiger partial charge in [0.05, 0.1) is 0 Å². The maximum absolute atomic E-state index is 3.29. The molecular weight excluding hydrogens is 204 g/mol. The molecular formula is C17H22. The zero-order chi connectivity index (χ0) is 11.6. The Balaban J connectivity index is 1.78. The van der Waals surface area contributed by atoms with Crippen LogP contribution in [0.4, 0.5) is 0 Å². The third kappa shape index (κ3) is 2.21. The van der Waals surface area contributed by atoms with Crippen LogP contribution in [0.2, 0.25) is 0 Å². The van der Waals surface area contributed by atoms with Gasteiger partial charge in [-0.2, -0.15) is 0 Å². The molecule has 0 aromatic rings. The first kappa shape index (κ1) is 11.1. The van der Waals surface area contributed by atoms with Gasteiger partial charge >= 0.3 is 0 Å². The Kier molecular flexibility index (Phi) is 2.87. The Morgan fingerprint density at radius 1 is 0.824 bits per heavy atom. The van der Waals surface area contributed by atoms with Crippen LogP contribution in [0, 0.1) is 22.7 Å². The van der Waals surface area contributed by atoms with Crippen molar-refractivity contribution in [3.63, 3.8) is 0 Å². The Morgan fingerprint density at radius 3 is 2.59 bits per heavy atom. The van der Waals surface area contributed by atoms with Crippen molar-refractivity contribution in [1.29, 1.82) is 0 Å². The third-order valence-corrected chi connectivity index (χ3v) is 4.81. The van der Waals surface area contributed by atoms with Crippen molar-refractivity contribution < 1.29 is 0 Å². The van der Waals surface area contributed by atoms with Crippen molar-refractivity contribution in [3.05, 3.63) is 24.3 Å². The van der Waals surface area contributed by atoms with E-state index >= 15 is 0 Å². The minimum atomic E-state index is 0.354. The lowest BCUT2D eigenvalue weighted by Gasteiger charge is -2.36. The molecule has 0 N–H and O–H groups in total. The zero-order valence-corrected chi connectivity index (χ0v) is 10.7. The molecule has 17 heavy (non-hydrogen) atoms. The van der Waals surface area contributed by atoms with Crippen molar-refractivity contribution in [2.75, 3.05) is 0 Å². The molecule has 0 saturated heterocycles. The predicted molar refractivity (Wildman–Crippen MR) is 72.5 cm³/mol. The molecule has 3 aliphatic carbocycles. The Bertz CT molecular complexity index is 395. The molecule has 0 aromatic carbocycles. The van der Waals surface area contributed by atoms with Crippen molar-refractivity contribution in [1.82, 2.24) is 0 Å². The molecule has 0 radical (unpaired) electrons. The van der Waals surface area contributed by atoms with Gasteiger partial charge in [-0.05, 0) is 31.1 Å². The summed E-state index contributed by atoms with van der Waals surface area (Å²) in [6, 6.07) is 0. The van der Waals surface area contributed by atoms with E-state index in [1.165, 1.54) is 44.9 Å². The first-order chi connectivity index (χ1) is 8.33. The van der Waals surface area contributed by atoms with Crippen LogP contribution in [0.15, 0.2) is 24.3 Å². The highest BCUT2D eigenvalue weighted by Gasteiger charge is 2.42. The van der Waals surface area contributed by atoms with Crippen LogP contribution in [0.5, 0.6) is 0 Å². The molecule has 1 atom stereocenters. The van der Waals surface area contributed by atoms with E-state index in [0.29, 0.717) is 10.8 Å². The highest BCUT2D eigenvalue weighted by atomic mass is 14.5. The molecule has 0 bridgehead atoms. The molecule has 0 heterocycles. The minimum absolute atomic E-state index is 0.354. The van der Waals surface area contributed by atoms with Crippen LogP contribution in [0.3, 0.4) is 0 Å². The lowest BCUT2D eigenvalue weighted by Crippen LogP contribution is -2.24. The normalized spacial score (nSPS) is 36.2. The van der Waals surface area contributed by atoms with E-state index in [0.717, 1.165) is 12.8 Å². The van der Waals surface area contributed by atoms with E-state index in [9.17, 15) is 0 Å². The van der Waals surface area contributed by atoms with Gasteiger partial charge in [-0.25, -0.2) is 0 Å². The standard InChI is InChI=1S/C17H22/c1-2-5-9-16(10-6-3-1)13-14-17(15-16)11-7-4-8-12-17/h5,9,13-14H,2,4,6-8,10-12,15H2/b9-5-. The first-order valence-electron chi connectivity index (χ1n) is 7.17. The molecule has 1 unspecified atom stereocenters. The number of rotatable bonds is 0. The Labute approximate surface area is 105 Å². The second-order valence-electron chi connectivity index (χ2n) is 6.13. The molecule has 3 rings (SSSR count). The van der Waals surface area contributed by atoms with Crippen LogP contribution in [-0.4, -0.2) is 0 Å². The van der Waals surface area contributed by atoms with Crippen molar-refractivity contribution in [3.8, 4) is 11.8 Å². The van der Waals surface area contributed by atoms with Gasteiger partial charge in [0.25, 0.3) is 0 Å². The summed E-state index contributed by atoms with van der Waals surface area (Å²) in [5, 5.41) is 0. The summed E-state index contributed by atoms with van der Waals surface area (Å²) in [6.45, 7) is 0. The molecule has 3 aliphatic rings. The quantitative estimate of drug-likeness (QED) is 0.417. The molecule has 0 amide bonds. The molecule has 0 heteroatoms. The first-order valence-corrected chi connectivity index (χ1v) is 7.17. The van der Waals surface area contributed by atoms with Gasteiger partial charge in [0.15, 0.2) is 0 Å². The fraction of sp³-hybridized carbons (Fsp3) is 0.647.